The lowest BCUT2D eigenvalue weighted by atomic mass is 10.0. The molecule has 2 fully saturated rings. The smallest absolute Gasteiger partial charge is 0.353 e. The number of nitrogens with zero attached hydrogens (tertiary/aromatic N) is 5. The van der Waals surface area contributed by atoms with Gasteiger partial charge in [-0.1, -0.05) is 17.7 Å². The van der Waals surface area contributed by atoms with Crippen LogP contribution in [0, 0.1) is 0 Å². The third kappa shape index (κ3) is 5.06. The van der Waals surface area contributed by atoms with Crippen molar-refractivity contribution in [2.45, 2.75) is 25.1 Å². The number of rotatable bonds is 3. The van der Waals surface area contributed by atoms with Crippen molar-refractivity contribution in [1.82, 2.24) is 19.8 Å². The molecule has 4 heterocycles. The summed E-state index contributed by atoms with van der Waals surface area (Å²) in [7, 11) is 0. The van der Waals surface area contributed by atoms with Crippen molar-refractivity contribution in [1.29, 1.82) is 0 Å². The highest BCUT2D eigenvalue weighted by Gasteiger charge is 2.33. The van der Waals surface area contributed by atoms with Crippen LogP contribution < -0.4 is 4.90 Å². The molecule has 0 bridgehead atoms. The molecule has 0 unspecified atom stereocenters. The van der Waals surface area contributed by atoms with E-state index in [1.807, 2.05) is 40.1 Å². The van der Waals surface area contributed by atoms with Crippen LogP contribution in [0.2, 0.25) is 5.02 Å². The van der Waals surface area contributed by atoms with E-state index in [-0.39, 0.29) is 10.9 Å². The number of piperidine rings is 1. The first-order valence-corrected chi connectivity index (χ1v) is 12.0. The fourth-order valence-corrected chi connectivity index (χ4v) is 5.23. The highest BCUT2D eigenvalue weighted by atomic mass is 35.5. The number of hydrogen-bond acceptors (Lipinski definition) is 5. The molecule has 2 saturated heterocycles. The van der Waals surface area contributed by atoms with Crippen molar-refractivity contribution in [3.63, 3.8) is 0 Å². The molecule has 2 aromatic heterocycles. The van der Waals surface area contributed by atoms with Crippen LogP contribution in [0.4, 0.5) is 19.0 Å². The average molecular weight is 504 g/mol. The van der Waals surface area contributed by atoms with Crippen LogP contribution in [0.3, 0.4) is 0 Å². The molecule has 0 atom stereocenters. The van der Waals surface area contributed by atoms with Crippen LogP contribution in [-0.4, -0.2) is 71.0 Å². The van der Waals surface area contributed by atoms with Crippen molar-refractivity contribution in [2.75, 3.05) is 44.2 Å². The van der Waals surface area contributed by atoms with Crippen LogP contribution >= 0.6 is 11.6 Å². The van der Waals surface area contributed by atoms with Crippen molar-refractivity contribution in [3.8, 4) is 0 Å². The average Bonchev–Trinajstić information content (AvgIpc) is 2.87. The molecule has 184 valence electrons. The molecule has 6 nitrogen and oxygen atoms in total. The standard InChI is InChI=1S/C25H25ClF3N5O/c26-21-15-19(25(27,28)29)16-31-23(21)33-12-10-32(11-13-33)20-5-8-34(9-6-20)24(35)18-3-4-22-17(14-18)2-1-7-30-22/h1-4,7,14-16,20H,5-6,8-13H2. The van der Waals surface area contributed by atoms with Gasteiger partial charge in [-0.05, 0) is 43.2 Å². The Hall–Kier alpha value is -2.91. The Kier molecular flexibility index (Phi) is 6.55. The van der Waals surface area contributed by atoms with Gasteiger partial charge in [-0.2, -0.15) is 13.2 Å². The molecule has 2 aliphatic heterocycles. The van der Waals surface area contributed by atoms with Crippen molar-refractivity contribution in [3.05, 3.63) is 64.9 Å². The summed E-state index contributed by atoms with van der Waals surface area (Å²) in [6, 6.07) is 10.8. The molecule has 10 heteroatoms. The maximum absolute atomic E-state index is 13.0. The summed E-state index contributed by atoms with van der Waals surface area (Å²) in [6.45, 7) is 4.22. The summed E-state index contributed by atoms with van der Waals surface area (Å²) in [4.78, 5) is 27.6. The fraction of sp³-hybridized carbons (Fsp3) is 0.400. The SMILES string of the molecule is O=C(c1ccc2ncccc2c1)N1CCC(N2CCN(c3ncc(C(F)(F)F)cc3Cl)CC2)CC1. The summed E-state index contributed by atoms with van der Waals surface area (Å²) in [5.74, 6) is 0.437. The summed E-state index contributed by atoms with van der Waals surface area (Å²) >= 11 is 6.12. The monoisotopic (exact) mass is 503 g/mol. The molecule has 35 heavy (non-hydrogen) atoms. The zero-order chi connectivity index (χ0) is 24.6. The number of benzene rings is 1. The van der Waals surface area contributed by atoms with Gasteiger partial charge in [0, 0.05) is 68.7 Å². The van der Waals surface area contributed by atoms with E-state index >= 15 is 0 Å². The van der Waals surface area contributed by atoms with Crippen molar-refractivity contribution in [2.24, 2.45) is 0 Å². The van der Waals surface area contributed by atoms with E-state index in [0.717, 1.165) is 49.1 Å². The Labute approximate surface area is 206 Å². The van der Waals surface area contributed by atoms with Crippen molar-refractivity contribution < 1.29 is 18.0 Å². The number of likely N-dealkylation sites (tertiary alicyclic amines) is 1. The minimum atomic E-state index is -4.46. The molecular formula is C25H25ClF3N5O. The van der Waals surface area contributed by atoms with Gasteiger partial charge in [0.2, 0.25) is 0 Å². The number of anilines is 1. The van der Waals surface area contributed by atoms with Crippen LogP contribution in [0.1, 0.15) is 28.8 Å². The van der Waals surface area contributed by atoms with Gasteiger partial charge in [-0.3, -0.25) is 14.7 Å². The summed E-state index contributed by atoms with van der Waals surface area (Å²) < 4.78 is 38.7. The van der Waals surface area contributed by atoms with Gasteiger partial charge in [0.05, 0.1) is 16.1 Å². The van der Waals surface area contributed by atoms with Gasteiger partial charge in [0.15, 0.2) is 0 Å². The number of carbonyl (C=O) groups excluding carboxylic acids is 1. The molecule has 0 spiro atoms. The quantitative estimate of drug-likeness (QED) is 0.517. The Morgan fingerprint density at radius 1 is 0.971 bits per heavy atom. The van der Waals surface area contributed by atoms with Gasteiger partial charge >= 0.3 is 6.18 Å². The second kappa shape index (κ2) is 9.62. The highest BCUT2D eigenvalue weighted by molar-refractivity contribution is 6.33. The molecule has 5 rings (SSSR count). The first kappa shape index (κ1) is 23.8. The largest absolute Gasteiger partial charge is 0.417 e. The Balaban J connectivity index is 1.15. The first-order valence-electron chi connectivity index (χ1n) is 11.7. The van der Waals surface area contributed by atoms with Crippen molar-refractivity contribution >= 4 is 34.2 Å². The Morgan fingerprint density at radius 2 is 1.71 bits per heavy atom. The zero-order valence-corrected chi connectivity index (χ0v) is 19.8. The maximum atomic E-state index is 13.0. The van der Waals surface area contributed by atoms with Crippen LogP contribution in [0.25, 0.3) is 10.9 Å². The van der Waals surface area contributed by atoms with E-state index in [9.17, 15) is 18.0 Å². The minimum Gasteiger partial charge on any atom is -0.353 e. The van der Waals surface area contributed by atoms with Crippen LogP contribution in [0.5, 0.6) is 0 Å². The molecule has 3 aromatic rings. The van der Waals surface area contributed by atoms with Gasteiger partial charge in [0.25, 0.3) is 5.91 Å². The second-order valence-corrected chi connectivity index (χ2v) is 9.39. The fourth-order valence-electron chi connectivity index (χ4n) is 4.94. The van der Waals surface area contributed by atoms with Crippen LogP contribution in [0.15, 0.2) is 48.8 Å². The lowest BCUT2D eigenvalue weighted by Crippen LogP contribution is -2.54. The van der Waals surface area contributed by atoms with Crippen LogP contribution in [-0.2, 0) is 6.18 Å². The van der Waals surface area contributed by atoms with Gasteiger partial charge < -0.3 is 9.80 Å². The molecule has 0 radical (unpaired) electrons. The van der Waals surface area contributed by atoms with E-state index in [1.54, 1.807) is 6.20 Å². The zero-order valence-electron chi connectivity index (χ0n) is 19.0. The van der Waals surface area contributed by atoms with E-state index in [4.69, 9.17) is 11.6 Å². The molecule has 1 amide bonds. The molecule has 0 N–H and O–H groups in total. The number of carbonyl (C=O) groups is 1. The maximum Gasteiger partial charge on any atom is 0.417 e. The summed E-state index contributed by atoms with van der Waals surface area (Å²) in [5.41, 5.74) is 0.708. The van der Waals surface area contributed by atoms with E-state index < -0.39 is 11.7 Å². The number of halogens is 4. The molecule has 2 aliphatic rings. The van der Waals surface area contributed by atoms with Gasteiger partial charge in [-0.25, -0.2) is 4.98 Å². The predicted molar refractivity (Wildman–Crippen MR) is 129 cm³/mol. The number of piperazine rings is 1. The Bertz CT molecular complexity index is 1220. The molecule has 0 saturated carbocycles. The molecule has 0 aliphatic carbocycles. The minimum absolute atomic E-state index is 0.0181. The molecule has 1 aromatic carbocycles. The first-order chi connectivity index (χ1) is 16.8. The number of hydrogen-bond donors (Lipinski definition) is 0. The lowest BCUT2D eigenvalue weighted by molar-refractivity contribution is -0.137. The van der Waals surface area contributed by atoms with Gasteiger partial charge in [0.1, 0.15) is 5.82 Å². The third-order valence-corrected chi connectivity index (χ3v) is 7.16. The van der Waals surface area contributed by atoms with Gasteiger partial charge in [-0.15, -0.1) is 0 Å². The number of pyridine rings is 2. The van der Waals surface area contributed by atoms with E-state index in [1.165, 1.54) is 0 Å². The summed E-state index contributed by atoms with van der Waals surface area (Å²) in [6.07, 6.45) is -0.106. The third-order valence-electron chi connectivity index (χ3n) is 6.88. The second-order valence-electron chi connectivity index (χ2n) is 8.98. The van der Waals surface area contributed by atoms with E-state index in [2.05, 4.69) is 14.9 Å². The number of fused-ring (bicyclic) bond motifs is 1. The topological polar surface area (TPSA) is 52.6 Å². The summed E-state index contributed by atoms with van der Waals surface area (Å²) in [5, 5.41) is 0.971. The predicted octanol–water partition coefficient (Wildman–Crippen LogP) is 4.73. The lowest BCUT2D eigenvalue weighted by Gasteiger charge is -2.43. The number of amides is 1. The Morgan fingerprint density at radius 3 is 2.40 bits per heavy atom. The van der Waals surface area contributed by atoms with E-state index in [0.29, 0.717) is 43.6 Å². The number of aromatic nitrogens is 2. The molecular weight excluding hydrogens is 479 g/mol. The number of alkyl halides is 3. The normalized spacial score (nSPS) is 18.3. The highest BCUT2D eigenvalue weighted by Crippen LogP contribution is 2.34.